The Morgan fingerprint density at radius 3 is 2.75 bits per heavy atom. The van der Waals surface area contributed by atoms with Crippen LogP contribution in [0.15, 0.2) is 36.7 Å². The maximum Gasteiger partial charge on any atom is 0.145 e. The molecule has 1 aliphatic heterocycles. The number of fused-ring (bicyclic) bond motifs is 1. The van der Waals surface area contributed by atoms with Gasteiger partial charge in [0.1, 0.15) is 36.1 Å². The van der Waals surface area contributed by atoms with E-state index in [4.69, 9.17) is 21.1 Å². The van der Waals surface area contributed by atoms with Gasteiger partial charge in [0.15, 0.2) is 0 Å². The lowest BCUT2D eigenvalue weighted by Gasteiger charge is -2.21. The molecule has 2 aromatic carbocycles. The number of likely N-dealkylation sites (N-methyl/N-ethyl adjacent to an activating group) is 1. The molecule has 9 heteroatoms. The van der Waals surface area contributed by atoms with Gasteiger partial charge in [-0.2, -0.15) is 0 Å². The Kier molecular flexibility index (Phi) is 8.04. The topological polar surface area (TPSA) is 62.8 Å². The van der Waals surface area contributed by atoms with Crippen molar-refractivity contribution in [1.29, 1.82) is 0 Å². The normalized spacial score (nSPS) is 17.9. The molecule has 0 spiro atoms. The number of rotatable bonds is 8. The summed E-state index contributed by atoms with van der Waals surface area (Å²) in [7, 11) is 2.18. The van der Waals surface area contributed by atoms with Crippen LogP contribution in [0.2, 0.25) is 5.02 Å². The molecule has 2 heterocycles. The van der Waals surface area contributed by atoms with Crippen molar-refractivity contribution in [3.8, 4) is 11.5 Å². The molecule has 3 aromatic rings. The van der Waals surface area contributed by atoms with Crippen molar-refractivity contribution in [2.24, 2.45) is 0 Å². The van der Waals surface area contributed by atoms with Crippen molar-refractivity contribution in [3.63, 3.8) is 0 Å². The molecule has 1 saturated carbocycles. The van der Waals surface area contributed by atoms with Gasteiger partial charge >= 0.3 is 0 Å². The van der Waals surface area contributed by atoms with Gasteiger partial charge in [0, 0.05) is 37.5 Å². The zero-order valence-corrected chi connectivity index (χ0v) is 21.4. The molecule has 7 nitrogen and oxygen atoms in total. The Balaban J connectivity index is 1.38. The van der Waals surface area contributed by atoms with Gasteiger partial charge in [0.2, 0.25) is 0 Å². The largest absolute Gasteiger partial charge is 0.492 e. The molecule has 1 aromatic heterocycles. The van der Waals surface area contributed by atoms with Crippen molar-refractivity contribution >= 4 is 34.0 Å². The standard InChI is InChI=1S/C27H33ClFN5O2/c1-33-9-4-10-34(12-11-33)13-14-35-21-16-24-26(25(17-21)36-20-5-2-3-6-20)27(31-18-30-24)32-19-7-8-23(29)22(28)15-19/h7-8,15-18,20H,2-6,9-14H2,1H3,(H,30,31,32). The van der Waals surface area contributed by atoms with E-state index in [1.54, 1.807) is 12.1 Å². The van der Waals surface area contributed by atoms with Crippen LogP contribution < -0.4 is 14.8 Å². The van der Waals surface area contributed by atoms with E-state index in [1.165, 1.54) is 31.7 Å². The molecule has 2 fully saturated rings. The summed E-state index contributed by atoms with van der Waals surface area (Å²) in [5.74, 6) is 1.55. The van der Waals surface area contributed by atoms with E-state index in [1.807, 2.05) is 12.1 Å². The van der Waals surface area contributed by atoms with Crippen LogP contribution in [0.25, 0.3) is 10.9 Å². The number of hydrogen-bond acceptors (Lipinski definition) is 7. The zero-order chi connectivity index (χ0) is 24.9. The Morgan fingerprint density at radius 1 is 1.06 bits per heavy atom. The van der Waals surface area contributed by atoms with Crippen LogP contribution >= 0.6 is 11.6 Å². The summed E-state index contributed by atoms with van der Waals surface area (Å²) < 4.78 is 26.3. The number of ether oxygens (including phenoxy) is 2. The fourth-order valence-corrected chi connectivity index (χ4v) is 5.09. The molecule has 0 atom stereocenters. The summed E-state index contributed by atoms with van der Waals surface area (Å²) in [5.41, 5.74) is 1.36. The highest BCUT2D eigenvalue weighted by atomic mass is 35.5. The maximum atomic E-state index is 13.7. The highest BCUT2D eigenvalue weighted by Gasteiger charge is 2.21. The van der Waals surface area contributed by atoms with E-state index in [9.17, 15) is 4.39 Å². The van der Waals surface area contributed by atoms with Crippen LogP contribution in [0.5, 0.6) is 11.5 Å². The third kappa shape index (κ3) is 6.17. The summed E-state index contributed by atoms with van der Waals surface area (Å²) in [5, 5.41) is 4.08. The minimum absolute atomic E-state index is 0.0486. The molecular formula is C27H33ClFN5O2. The molecular weight excluding hydrogens is 481 g/mol. The van der Waals surface area contributed by atoms with E-state index < -0.39 is 5.82 Å². The van der Waals surface area contributed by atoms with Gasteiger partial charge in [0.25, 0.3) is 0 Å². The zero-order valence-electron chi connectivity index (χ0n) is 20.7. The average molecular weight is 514 g/mol. The molecule has 1 saturated heterocycles. The smallest absolute Gasteiger partial charge is 0.145 e. The van der Waals surface area contributed by atoms with Crippen molar-refractivity contribution < 1.29 is 13.9 Å². The quantitative estimate of drug-likeness (QED) is 0.426. The fourth-order valence-electron chi connectivity index (χ4n) is 4.91. The van der Waals surface area contributed by atoms with Gasteiger partial charge in [-0.25, -0.2) is 14.4 Å². The lowest BCUT2D eigenvalue weighted by atomic mass is 10.2. The van der Waals surface area contributed by atoms with E-state index in [2.05, 4.69) is 32.1 Å². The summed E-state index contributed by atoms with van der Waals surface area (Å²) in [6.45, 7) is 5.86. The van der Waals surface area contributed by atoms with E-state index >= 15 is 0 Å². The number of hydrogen-bond donors (Lipinski definition) is 1. The number of nitrogens with zero attached hydrogens (tertiary/aromatic N) is 4. The van der Waals surface area contributed by atoms with Crippen LogP contribution in [-0.4, -0.2) is 72.3 Å². The van der Waals surface area contributed by atoms with Gasteiger partial charge in [-0.05, 0) is 70.4 Å². The maximum absolute atomic E-state index is 13.7. The SMILES string of the molecule is CN1CCCN(CCOc2cc(OC3CCCC3)c3c(Nc4ccc(F)c(Cl)c4)ncnc3c2)CC1. The van der Waals surface area contributed by atoms with Crippen LogP contribution in [0.3, 0.4) is 0 Å². The van der Waals surface area contributed by atoms with Gasteiger partial charge in [0.05, 0.1) is 22.0 Å². The first-order valence-corrected chi connectivity index (χ1v) is 13.1. The van der Waals surface area contributed by atoms with E-state index in [0.29, 0.717) is 23.9 Å². The molecule has 0 amide bonds. The van der Waals surface area contributed by atoms with E-state index in [-0.39, 0.29) is 11.1 Å². The number of benzene rings is 2. The molecule has 0 bridgehead atoms. The number of halogens is 2. The van der Waals surface area contributed by atoms with Crippen LogP contribution in [0, 0.1) is 5.82 Å². The molecule has 1 N–H and O–H groups in total. The van der Waals surface area contributed by atoms with Gasteiger partial charge < -0.3 is 19.7 Å². The second-order valence-corrected chi connectivity index (χ2v) is 10.1. The predicted molar refractivity (Wildman–Crippen MR) is 141 cm³/mol. The van der Waals surface area contributed by atoms with Crippen molar-refractivity contribution in [3.05, 3.63) is 47.5 Å². The van der Waals surface area contributed by atoms with Crippen molar-refractivity contribution in [1.82, 2.24) is 19.8 Å². The highest BCUT2D eigenvalue weighted by Crippen LogP contribution is 2.38. The monoisotopic (exact) mass is 513 g/mol. The number of nitrogens with one attached hydrogen (secondary N) is 1. The fraction of sp³-hybridized carbons (Fsp3) is 0.481. The predicted octanol–water partition coefficient (Wildman–Crippen LogP) is 5.50. The van der Waals surface area contributed by atoms with Crippen molar-refractivity contribution in [2.75, 3.05) is 51.7 Å². The molecule has 192 valence electrons. The van der Waals surface area contributed by atoms with Gasteiger partial charge in [-0.3, -0.25) is 4.90 Å². The third-order valence-electron chi connectivity index (χ3n) is 6.94. The Hall–Kier alpha value is -2.68. The summed E-state index contributed by atoms with van der Waals surface area (Å²) >= 11 is 5.99. The highest BCUT2D eigenvalue weighted by molar-refractivity contribution is 6.31. The summed E-state index contributed by atoms with van der Waals surface area (Å²) in [4.78, 5) is 13.8. The van der Waals surface area contributed by atoms with E-state index in [0.717, 1.165) is 62.2 Å². The van der Waals surface area contributed by atoms with Crippen LogP contribution in [-0.2, 0) is 0 Å². The number of anilines is 2. The lowest BCUT2D eigenvalue weighted by Crippen LogP contribution is -2.32. The minimum Gasteiger partial charge on any atom is -0.492 e. The van der Waals surface area contributed by atoms with Crippen LogP contribution in [0.1, 0.15) is 32.1 Å². The molecule has 5 rings (SSSR count). The Bertz CT molecular complexity index is 1190. The van der Waals surface area contributed by atoms with Gasteiger partial charge in [-0.15, -0.1) is 0 Å². The first-order chi connectivity index (χ1) is 17.5. The molecule has 1 aliphatic carbocycles. The van der Waals surface area contributed by atoms with Crippen molar-refractivity contribution in [2.45, 2.75) is 38.2 Å². The molecule has 2 aliphatic rings. The summed E-state index contributed by atoms with van der Waals surface area (Å²) in [6, 6.07) is 8.38. The molecule has 36 heavy (non-hydrogen) atoms. The molecule has 0 unspecified atom stereocenters. The number of aromatic nitrogens is 2. The van der Waals surface area contributed by atoms with Crippen LogP contribution in [0.4, 0.5) is 15.9 Å². The average Bonchev–Trinajstić information content (AvgIpc) is 3.29. The second-order valence-electron chi connectivity index (χ2n) is 9.66. The minimum atomic E-state index is -0.464. The lowest BCUT2D eigenvalue weighted by molar-refractivity contribution is 0.204. The Morgan fingerprint density at radius 2 is 1.92 bits per heavy atom. The van der Waals surface area contributed by atoms with Gasteiger partial charge in [-0.1, -0.05) is 11.6 Å². The second kappa shape index (κ2) is 11.6. The summed E-state index contributed by atoms with van der Waals surface area (Å²) in [6.07, 6.45) is 7.23. The molecule has 0 radical (unpaired) electrons. The first kappa shape index (κ1) is 25.0. The third-order valence-corrected chi connectivity index (χ3v) is 7.23. The first-order valence-electron chi connectivity index (χ1n) is 12.8. The Labute approximate surface area is 216 Å².